The van der Waals surface area contributed by atoms with E-state index in [4.69, 9.17) is 9.73 Å². The van der Waals surface area contributed by atoms with Gasteiger partial charge in [-0.1, -0.05) is 19.9 Å². The van der Waals surface area contributed by atoms with E-state index in [2.05, 4.69) is 61.3 Å². The van der Waals surface area contributed by atoms with Crippen LogP contribution in [0.1, 0.15) is 13.8 Å². The lowest BCUT2D eigenvalue weighted by atomic mass is 9.99. The Kier molecular flexibility index (Phi) is 7.09. The lowest BCUT2D eigenvalue weighted by molar-refractivity contribution is 0.122. The predicted molar refractivity (Wildman–Crippen MR) is 140 cm³/mol. The van der Waals surface area contributed by atoms with Crippen LogP contribution in [0.2, 0.25) is 0 Å². The number of aromatic nitrogens is 3. The molecule has 2 fully saturated rings. The first-order valence-electron chi connectivity index (χ1n) is 12.4. The Labute approximate surface area is 211 Å². The van der Waals surface area contributed by atoms with Crippen molar-refractivity contribution in [1.82, 2.24) is 25.4 Å². The van der Waals surface area contributed by atoms with Crippen molar-refractivity contribution in [3.05, 3.63) is 48.7 Å². The van der Waals surface area contributed by atoms with Crippen molar-refractivity contribution in [2.24, 2.45) is 10.9 Å². The second-order valence-corrected chi connectivity index (χ2v) is 9.32. The Morgan fingerprint density at radius 3 is 2.53 bits per heavy atom. The van der Waals surface area contributed by atoms with E-state index >= 15 is 0 Å². The number of hydrogen-bond acceptors (Lipinski definition) is 8. The molecule has 1 unspecified atom stereocenters. The Bertz CT molecular complexity index is 1240. The topological polar surface area (TPSA) is 106 Å². The van der Waals surface area contributed by atoms with E-state index in [1.165, 1.54) is 0 Å². The minimum Gasteiger partial charge on any atom is -0.378 e. The molecule has 1 N–H and O–H groups in total. The second-order valence-electron chi connectivity index (χ2n) is 9.32. The smallest absolute Gasteiger partial charge is 0.213 e. The number of nitrogens with zero attached hydrogens (tertiary/aromatic N) is 8. The molecule has 0 bridgehead atoms. The van der Waals surface area contributed by atoms with E-state index in [0.717, 1.165) is 67.6 Å². The van der Waals surface area contributed by atoms with Crippen LogP contribution in [0.25, 0.3) is 10.9 Å². The van der Waals surface area contributed by atoms with Crippen molar-refractivity contribution in [3.8, 4) is 6.19 Å². The van der Waals surface area contributed by atoms with Gasteiger partial charge in [-0.15, -0.1) is 10.2 Å². The molecule has 10 nitrogen and oxygen atoms in total. The van der Waals surface area contributed by atoms with Crippen LogP contribution in [0.3, 0.4) is 0 Å². The number of benzene rings is 1. The number of guanidine groups is 1. The van der Waals surface area contributed by atoms with E-state index in [9.17, 15) is 5.26 Å². The van der Waals surface area contributed by atoms with Crippen LogP contribution in [0.5, 0.6) is 0 Å². The van der Waals surface area contributed by atoms with Crippen molar-refractivity contribution in [3.63, 3.8) is 0 Å². The van der Waals surface area contributed by atoms with E-state index in [0.29, 0.717) is 18.4 Å². The van der Waals surface area contributed by atoms with Crippen molar-refractivity contribution < 1.29 is 4.74 Å². The van der Waals surface area contributed by atoms with Crippen LogP contribution >= 0.6 is 0 Å². The maximum Gasteiger partial charge on any atom is 0.213 e. The van der Waals surface area contributed by atoms with Crippen LogP contribution in [-0.4, -0.2) is 78.0 Å². The molecule has 36 heavy (non-hydrogen) atoms. The minimum atomic E-state index is 0.132. The van der Waals surface area contributed by atoms with Gasteiger partial charge in [0, 0.05) is 44.3 Å². The Hall–Kier alpha value is -3.97. The summed E-state index contributed by atoms with van der Waals surface area (Å²) in [5.41, 5.74) is 1.66. The molecule has 186 valence electrons. The molecule has 5 rings (SSSR count). The first-order chi connectivity index (χ1) is 17.6. The van der Waals surface area contributed by atoms with Gasteiger partial charge < -0.3 is 19.4 Å². The van der Waals surface area contributed by atoms with Gasteiger partial charge in [-0.05, 0) is 42.3 Å². The van der Waals surface area contributed by atoms with Gasteiger partial charge in [-0.2, -0.15) is 5.26 Å². The summed E-state index contributed by atoms with van der Waals surface area (Å²) in [5.74, 6) is 2.64. The molecular formula is C26H31N9O. The number of fused-ring (bicyclic) bond motifs is 1. The summed E-state index contributed by atoms with van der Waals surface area (Å²) in [6, 6.07) is 14.0. The number of hydrogen-bond donors (Lipinski definition) is 1. The molecule has 0 spiro atoms. The summed E-state index contributed by atoms with van der Waals surface area (Å²) < 4.78 is 5.44. The van der Waals surface area contributed by atoms with Gasteiger partial charge in [0.2, 0.25) is 5.96 Å². The molecule has 0 saturated carbocycles. The van der Waals surface area contributed by atoms with Gasteiger partial charge in [-0.25, -0.2) is 4.99 Å². The highest BCUT2D eigenvalue weighted by molar-refractivity contribution is 5.94. The Morgan fingerprint density at radius 1 is 1.03 bits per heavy atom. The van der Waals surface area contributed by atoms with E-state index in [1.807, 2.05) is 36.4 Å². The molecule has 2 aliphatic rings. The summed E-state index contributed by atoms with van der Waals surface area (Å²) >= 11 is 0. The molecule has 3 aromatic rings. The van der Waals surface area contributed by atoms with Gasteiger partial charge in [-0.3, -0.25) is 10.3 Å². The third-order valence-corrected chi connectivity index (χ3v) is 6.77. The van der Waals surface area contributed by atoms with Gasteiger partial charge in [0.05, 0.1) is 30.5 Å². The third kappa shape index (κ3) is 5.02. The van der Waals surface area contributed by atoms with Crippen LogP contribution in [-0.2, 0) is 4.74 Å². The molecule has 10 heteroatoms. The molecule has 4 heterocycles. The fraction of sp³-hybridized carbons (Fsp3) is 0.423. The summed E-state index contributed by atoms with van der Waals surface area (Å²) in [6.07, 6.45) is 3.86. The lowest BCUT2D eigenvalue weighted by Gasteiger charge is -2.44. The second kappa shape index (κ2) is 10.7. The summed E-state index contributed by atoms with van der Waals surface area (Å²) in [6.45, 7) is 9.71. The van der Waals surface area contributed by atoms with Gasteiger partial charge in [0.25, 0.3) is 0 Å². The fourth-order valence-corrected chi connectivity index (χ4v) is 4.81. The number of rotatable bonds is 4. The normalized spacial score (nSPS) is 19.0. The van der Waals surface area contributed by atoms with Crippen molar-refractivity contribution >= 4 is 34.2 Å². The molecule has 0 amide bonds. The molecule has 1 aromatic carbocycles. The highest BCUT2D eigenvalue weighted by Crippen LogP contribution is 2.27. The molecule has 2 aliphatic heterocycles. The number of piperazine rings is 1. The number of morpholine rings is 1. The first kappa shape index (κ1) is 23.8. The van der Waals surface area contributed by atoms with Crippen molar-refractivity contribution in [2.45, 2.75) is 19.9 Å². The standard InChI is InChI=1S/C26H31N9O/c1-19(2)23-17-34(25-9-8-24(31-32-25)33-13-15-36-16-14-33)11-12-35(23)26(29-18-27)30-22-7-3-6-21-20(22)5-4-10-28-21/h3-10,19,23H,11-17H2,1-2H3,(H,29,30). The minimum absolute atomic E-state index is 0.132. The SMILES string of the molecule is CC(C)C1CN(c2ccc(N3CCOCC3)nn2)CCN1C(=Nc1cccc2ncccc12)NC#N. The Morgan fingerprint density at radius 2 is 1.81 bits per heavy atom. The van der Waals surface area contributed by atoms with Crippen molar-refractivity contribution in [1.29, 1.82) is 5.26 Å². The zero-order chi connectivity index (χ0) is 24.9. The van der Waals surface area contributed by atoms with Crippen LogP contribution in [0, 0.1) is 17.4 Å². The maximum absolute atomic E-state index is 9.53. The quantitative estimate of drug-likeness (QED) is 0.258. The van der Waals surface area contributed by atoms with E-state index < -0.39 is 0 Å². The molecule has 0 radical (unpaired) electrons. The molecule has 2 saturated heterocycles. The summed E-state index contributed by atoms with van der Waals surface area (Å²) in [4.78, 5) is 16.0. The zero-order valence-corrected chi connectivity index (χ0v) is 20.7. The number of aliphatic imine (C=N–C) groups is 1. The summed E-state index contributed by atoms with van der Waals surface area (Å²) in [7, 11) is 0. The average Bonchev–Trinajstić information content (AvgIpc) is 2.93. The van der Waals surface area contributed by atoms with Crippen LogP contribution in [0.4, 0.5) is 17.3 Å². The lowest BCUT2D eigenvalue weighted by Crippen LogP contribution is -2.59. The Balaban J connectivity index is 1.38. The number of nitriles is 1. The van der Waals surface area contributed by atoms with Crippen molar-refractivity contribution in [2.75, 3.05) is 55.7 Å². The highest BCUT2D eigenvalue weighted by Gasteiger charge is 2.32. The highest BCUT2D eigenvalue weighted by atomic mass is 16.5. The summed E-state index contributed by atoms with van der Waals surface area (Å²) in [5, 5.41) is 22.4. The maximum atomic E-state index is 9.53. The fourth-order valence-electron chi connectivity index (χ4n) is 4.81. The molecular weight excluding hydrogens is 454 g/mol. The molecule has 2 aromatic heterocycles. The molecule has 1 atom stereocenters. The number of ether oxygens (including phenoxy) is 1. The zero-order valence-electron chi connectivity index (χ0n) is 20.7. The monoisotopic (exact) mass is 485 g/mol. The van der Waals surface area contributed by atoms with Gasteiger partial charge >= 0.3 is 0 Å². The number of pyridine rings is 1. The average molecular weight is 486 g/mol. The van der Waals surface area contributed by atoms with Gasteiger partial charge in [0.1, 0.15) is 0 Å². The number of nitrogens with one attached hydrogen (secondary N) is 1. The number of anilines is 2. The third-order valence-electron chi connectivity index (χ3n) is 6.77. The predicted octanol–water partition coefficient (Wildman–Crippen LogP) is 2.77. The first-order valence-corrected chi connectivity index (χ1v) is 12.4. The molecule has 0 aliphatic carbocycles. The van der Waals surface area contributed by atoms with Gasteiger partial charge in [0.15, 0.2) is 17.8 Å². The van der Waals surface area contributed by atoms with E-state index in [-0.39, 0.29) is 6.04 Å². The largest absolute Gasteiger partial charge is 0.378 e. The van der Waals surface area contributed by atoms with Crippen LogP contribution < -0.4 is 15.1 Å². The van der Waals surface area contributed by atoms with E-state index in [1.54, 1.807) is 6.20 Å². The van der Waals surface area contributed by atoms with Crippen LogP contribution in [0.15, 0.2) is 53.7 Å².